The van der Waals surface area contributed by atoms with Gasteiger partial charge in [0.15, 0.2) is 0 Å². The molecule has 0 radical (unpaired) electrons. The first kappa shape index (κ1) is 13.6. The van der Waals surface area contributed by atoms with Crippen LogP contribution in [0.4, 0.5) is 0 Å². The van der Waals surface area contributed by atoms with Gasteiger partial charge >= 0.3 is 0 Å². The summed E-state index contributed by atoms with van der Waals surface area (Å²) in [5, 5.41) is 10.4. The molecule has 0 aliphatic carbocycles. The molecule has 1 aromatic carbocycles. The zero-order valence-corrected chi connectivity index (χ0v) is 11.4. The van der Waals surface area contributed by atoms with Crippen molar-refractivity contribution in [3.63, 3.8) is 0 Å². The number of unbranched alkanes of at least 4 members (excludes halogenated alkanes) is 1. The molecule has 2 heteroatoms. The van der Waals surface area contributed by atoms with Crippen LogP contribution in [0.1, 0.15) is 50.3 Å². The molecule has 1 N–H and O–H groups in total. The van der Waals surface area contributed by atoms with Gasteiger partial charge in [0, 0.05) is 12.5 Å². The van der Waals surface area contributed by atoms with Crippen LogP contribution < -0.4 is 0 Å². The molecule has 18 heavy (non-hydrogen) atoms. The van der Waals surface area contributed by atoms with Crippen LogP contribution >= 0.6 is 0 Å². The van der Waals surface area contributed by atoms with Crippen LogP contribution in [0.3, 0.4) is 0 Å². The quantitative estimate of drug-likeness (QED) is 0.864. The van der Waals surface area contributed by atoms with E-state index in [0.29, 0.717) is 0 Å². The lowest BCUT2D eigenvalue weighted by Gasteiger charge is -2.21. The summed E-state index contributed by atoms with van der Waals surface area (Å²) in [6.45, 7) is 5.04. The normalized spacial score (nSPS) is 25.3. The Kier molecular flexibility index (Phi) is 4.79. The Balaban J connectivity index is 2.00. The smallest absolute Gasteiger partial charge is 0.0843 e. The predicted molar refractivity (Wildman–Crippen MR) is 73.5 cm³/mol. The van der Waals surface area contributed by atoms with Crippen molar-refractivity contribution in [2.75, 3.05) is 6.61 Å². The molecule has 0 bridgehead atoms. The van der Waals surface area contributed by atoms with Crippen LogP contribution in [-0.2, 0) is 11.2 Å². The highest BCUT2D eigenvalue weighted by Crippen LogP contribution is 2.33. The molecule has 1 aliphatic heterocycles. The van der Waals surface area contributed by atoms with Crippen LogP contribution in [0.2, 0.25) is 0 Å². The Morgan fingerprint density at radius 1 is 1.33 bits per heavy atom. The van der Waals surface area contributed by atoms with Crippen LogP contribution in [0, 0.1) is 5.92 Å². The minimum Gasteiger partial charge on any atom is -0.388 e. The lowest BCUT2D eigenvalue weighted by atomic mass is 9.90. The van der Waals surface area contributed by atoms with Gasteiger partial charge in [-0.25, -0.2) is 0 Å². The van der Waals surface area contributed by atoms with E-state index in [-0.39, 0.29) is 18.1 Å². The van der Waals surface area contributed by atoms with Gasteiger partial charge in [-0.3, -0.25) is 0 Å². The summed E-state index contributed by atoms with van der Waals surface area (Å²) in [7, 11) is 0. The van der Waals surface area contributed by atoms with E-state index < -0.39 is 0 Å². The number of benzene rings is 1. The van der Waals surface area contributed by atoms with E-state index in [0.717, 1.165) is 25.0 Å². The summed E-state index contributed by atoms with van der Waals surface area (Å²) >= 11 is 0. The zero-order valence-electron chi connectivity index (χ0n) is 11.4. The highest BCUT2D eigenvalue weighted by atomic mass is 16.5. The van der Waals surface area contributed by atoms with Crippen molar-refractivity contribution in [2.24, 2.45) is 5.92 Å². The first-order valence-corrected chi connectivity index (χ1v) is 7.11. The van der Waals surface area contributed by atoms with Gasteiger partial charge in [0.2, 0.25) is 0 Å². The number of hydrogen-bond donors (Lipinski definition) is 1. The second-order valence-electron chi connectivity index (χ2n) is 5.32. The Labute approximate surface area is 110 Å². The fourth-order valence-corrected chi connectivity index (χ4v) is 2.67. The van der Waals surface area contributed by atoms with Crippen molar-refractivity contribution in [1.29, 1.82) is 0 Å². The number of aliphatic hydroxyl groups excluding tert-OH is 1. The van der Waals surface area contributed by atoms with Gasteiger partial charge in [-0.2, -0.15) is 0 Å². The van der Waals surface area contributed by atoms with E-state index in [1.165, 1.54) is 18.4 Å². The summed E-state index contributed by atoms with van der Waals surface area (Å²) < 4.78 is 5.52. The highest BCUT2D eigenvalue weighted by molar-refractivity contribution is 5.25. The van der Waals surface area contributed by atoms with E-state index in [2.05, 4.69) is 38.1 Å². The minimum atomic E-state index is -0.386. The van der Waals surface area contributed by atoms with Crippen molar-refractivity contribution in [3.8, 4) is 0 Å². The van der Waals surface area contributed by atoms with Crippen LogP contribution in [0.15, 0.2) is 24.3 Å². The second-order valence-corrected chi connectivity index (χ2v) is 5.32. The van der Waals surface area contributed by atoms with E-state index >= 15 is 0 Å². The van der Waals surface area contributed by atoms with Gasteiger partial charge in [0.1, 0.15) is 0 Å². The average molecular weight is 248 g/mol. The van der Waals surface area contributed by atoms with E-state index in [1.54, 1.807) is 0 Å². The fourth-order valence-electron chi connectivity index (χ4n) is 2.67. The van der Waals surface area contributed by atoms with Crippen molar-refractivity contribution >= 4 is 0 Å². The number of ether oxygens (including phenoxy) is 1. The number of rotatable bonds is 5. The molecule has 1 heterocycles. The van der Waals surface area contributed by atoms with Crippen molar-refractivity contribution in [1.82, 2.24) is 0 Å². The van der Waals surface area contributed by atoms with E-state index in [9.17, 15) is 5.11 Å². The number of hydrogen-bond acceptors (Lipinski definition) is 2. The Hall–Kier alpha value is -0.860. The van der Waals surface area contributed by atoms with Crippen LogP contribution in [0.25, 0.3) is 0 Å². The molecule has 0 aromatic heterocycles. The summed E-state index contributed by atoms with van der Waals surface area (Å²) in [5.74, 6) is 0.242. The number of aryl methyl sites for hydroxylation is 1. The molecule has 2 nitrogen and oxygen atoms in total. The minimum absolute atomic E-state index is 0.166. The second kappa shape index (κ2) is 6.35. The highest BCUT2D eigenvalue weighted by Gasteiger charge is 2.31. The maximum atomic E-state index is 10.4. The van der Waals surface area contributed by atoms with Crippen LogP contribution in [0.5, 0.6) is 0 Å². The van der Waals surface area contributed by atoms with Gasteiger partial charge in [-0.1, -0.05) is 37.6 Å². The molecular formula is C16H24O2. The molecule has 100 valence electrons. The number of aliphatic hydroxyl groups is 1. The standard InChI is InChI=1S/C16H24O2/c1-3-4-5-13-6-8-14(9-7-13)16(17)15-10-11-18-12(15)2/h6-9,12,15-17H,3-5,10-11H2,1-2H3. The molecular weight excluding hydrogens is 224 g/mol. The Morgan fingerprint density at radius 2 is 2.06 bits per heavy atom. The predicted octanol–water partition coefficient (Wildman–Crippen LogP) is 3.49. The first-order valence-electron chi connectivity index (χ1n) is 7.11. The molecule has 0 spiro atoms. The van der Waals surface area contributed by atoms with Gasteiger partial charge in [0.05, 0.1) is 12.2 Å². The summed E-state index contributed by atoms with van der Waals surface area (Å²) in [6, 6.07) is 8.44. The zero-order chi connectivity index (χ0) is 13.0. The molecule has 1 fully saturated rings. The van der Waals surface area contributed by atoms with Gasteiger partial charge < -0.3 is 9.84 Å². The average Bonchev–Trinajstić information content (AvgIpc) is 2.82. The first-order chi connectivity index (χ1) is 8.72. The Bertz CT molecular complexity index is 358. The molecule has 2 rings (SSSR count). The third kappa shape index (κ3) is 3.12. The maximum Gasteiger partial charge on any atom is 0.0843 e. The maximum absolute atomic E-state index is 10.4. The lowest BCUT2D eigenvalue weighted by Crippen LogP contribution is -2.19. The molecule has 0 saturated carbocycles. The Morgan fingerprint density at radius 3 is 2.61 bits per heavy atom. The summed E-state index contributed by atoms with van der Waals surface area (Å²) in [5.41, 5.74) is 2.39. The topological polar surface area (TPSA) is 29.5 Å². The molecule has 3 unspecified atom stereocenters. The molecule has 0 amide bonds. The van der Waals surface area contributed by atoms with Crippen molar-refractivity contribution in [2.45, 2.75) is 51.7 Å². The van der Waals surface area contributed by atoms with Gasteiger partial charge in [-0.05, 0) is 37.3 Å². The molecule has 1 aliphatic rings. The third-order valence-electron chi connectivity index (χ3n) is 3.98. The van der Waals surface area contributed by atoms with Crippen molar-refractivity contribution < 1.29 is 9.84 Å². The van der Waals surface area contributed by atoms with Crippen molar-refractivity contribution in [3.05, 3.63) is 35.4 Å². The van der Waals surface area contributed by atoms with E-state index in [4.69, 9.17) is 4.74 Å². The van der Waals surface area contributed by atoms with Crippen LogP contribution in [-0.4, -0.2) is 17.8 Å². The lowest BCUT2D eigenvalue weighted by molar-refractivity contribution is 0.0431. The molecule has 1 aromatic rings. The summed E-state index contributed by atoms with van der Waals surface area (Å²) in [4.78, 5) is 0. The SMILES string of the molecule is CCCCc1ccc(C(O)C2CCOC2C)cc1. The molecule has 3 atom stereocenters. The summed E-state index contributed by atoms with van der Waals surface area (Å²) in [6.07, 6.45) is 4.33. The third-order valence-corrected chi connectivity index (χ3v) is 3.98. The fraction of sp³-hybridized carbons (Fsp3) is 0.625. The largest absolute Gasteiger partial charge is 0.388 e. The molecule has 1 saturated heterocycles. The van der Waals surface area contributed by atoms with Gasteiger partial charge in [-0.15, -0.1) is 0 Å². The van der Waals surface area contributed by atoms with E-state index in [1.807, 2.05) is 0 Å². The monoisotopic (exact) mass is 248 g/mol. The van der Waals surface area contributed by atoms with Gasteiger partial charge in [0.25, 0.3) is 0 Å².